The van der Waals surface area contributed by atoms with Gasteiger partial charge < -0.3 is 9.64 Å². The predicted octanol–water partition coefficient (Wildman–Crippen LogP) is 3.38. The average molecular weight is 294 g/mol. The Morgan fingerprint density at radius 3 is 2.86 bits per heavy atom. The summed E-state index contributed by atoms with van der Waals surface area (Å²) in [5.74, 6) is 0.696. The Labute approximate surface area is 134 Å². The molecule has 1 saturated heterocycles. The number of pyridine rings is 1. The fourth-order valence-electron chi connectivity index (χ4n) is 2.75. The van der Waals surface area contributed by atoms with Gasteiger partial charge in [-0.1, -0.05) is 18.2 Å². The fraction of sp³-hybridized carbons (Fsp3) is 0.389. The van der Waals surface area contributed by atoms with Crippen molar-refractivity contribution in [2.24, 2.45) is 0 Å². The Hall–Kier alpha value is -1.97. The number of allylic oxidation sites excluding steroid dienone is 4. The highest BCUT2D eigenvalue weighted by molar-refractivity contribution is 6.23. The quantitative estimate of drug-likeness (QED) is 0.615. The summed E-state index contributed by atoms with van der Waals surface area (Å²) in [6, 6.07) is 3.95. The van der Waals surface area contributed by atoms with E-state index in [2.05, 4.69) is 29.5 Å². The molecule has 1 aliphatic rings. The van der Waals surface area contributed by atoms with Gasteiger partial charge in [-0.25, -0.2) is 4.98 Å². The second-order valence-corrected chi connectivity index (χ2v) is 5.72. The molecule has 0 aromatic carbocycles. The number of rotatable bonds is 5. The van der Waals surface area contributed by atoms with Gasteiger partial charge in [0.1, 0.15) is 14.0 Å². The van der Waals surface area contributed by atoms with E-state index in [1.54, 1.807) is 0 Å². The van der Waals surface area contributed by atoms with Gasteiger partial charge in [0.2, 0.25) is 5.88 Å². The molecule has 0 bridgehead atoms. The molecule has 1 atom stereocenters. The molecule has 0 saturated carbocycles. The van der Waals surface area contributed by atoms with Crippen LogP contribution in [0.15, 0.2) is 53.8 Å². The predicted molar refractivity (Wildman–Crippen MR) is 92.0 cm³/mol. The van der Waals surface area contributed by atoms with Crippen molar-refractivity contribution in [1.29, 1.82) is 0 Å². The Kier molecular flexibility index (Phi) is 5.48. The van der Waals surface area contributed by atoms with Crippen LogP contribution < -0.4 is 4.74 Å². The number of hydrogen-bond acceptors (Lipinski definition) is 3. The highest BCUT2D eigenvalue weighted by Crippen LogP contribution is 2.24. The zero-order valence-corrected chi connectivity index (χ0v) is 13.7. The second-order valence-electron chi connectivity index (χ2n) is 5.72. The first kappa shape index (κ1) is 16.4. The lowest BCUT2D eigenvalue weighted by molar-refractivity contribution is 0.201. The van der Waals surface area contributed by atoms with Crippen LogP contribution in [0.25, 0.3) is 0 Å². The van der Waals surface area contributed by atoms with Crippen LogP contribution in [-0.4, -0.2) is 36.9 Å². The molecule has 1 unspecified atom stereocenters. The Bertz CT molecular complexity index is 590. The van der Waals surface area contributed by atoms with E-state index >= 15 is 0 Å². The Morgan fingerprint density at radius 2 is 2.27 bits per heavy atom. The van der Waals surface area contributed by atoms with Crippen molar-refractivity contribution in [2.45, 2.75) is 33.3 Å². The zero-order chi connectivity index (χ0) is 16.1. The number of likely N-dealkylation sites (tertiary alicyclic amines) is 1. The minimum atomic E-state index is 0.166. The molecule has 0 spiro atoms. The molecule has 114 valence electrons. The largest absolute Gasteiger partial charge is 0.472 e. The van der Waals surface area contributed by atoms with Crippen LogP contribution in [0.2, 0.25) is 0 Å². The minimum absolute atomic E-state index is 0.166. The highest BCUT2D eigenvalue weighted by atomic mass is 16.5. The molecule has 4 heteroatoms. The molecule has 1 aromatic rings. The van der Waals surface area contributed by atoms with Crippen molar-refractivity contribution < 1.29 is 4.74 Å². The summed E-state index contributed by atoms with van der Waals surface area (Å²) < 4.78 is 5.97. The highest BCUT2D eigenvalue weighted by Gasteiger charge is 2.26. The third-order valence-corrected chi connectivity index (χ3v) is 3.74. The van der Waals surface area contributed by atoms with Crippen LogP contribution in [0, 0.1) is 6.92 Å². The molecular weight excluding hydrogens is 271 g/mol. The van der Waals surface area contributed by atoms with Gasteiger partial charge in [-0.05, 0) is 31.9 Å². The third kappa shape index (κ3) is 4.26. The summed E-state index contributed by atoms with van der Waals surface area (Å²) in [5, 5.41) is 0. The van der Waals surface area contributed by atoms with Gasteiger partial charge in [0.05, 0.1) is 6.54 Å². The summed E-state index contributed by atoms with van der Waals surface area (Å²) in [4.78, 5) is 6.64. The van der Waals surface area contributed by atoms with Gasteiger partial charge >= 0.3 is 0 Å². The molecule has 0 aliphatic carbocycles. The van der Waals surface area contributed by atoms with Crippen molar-refractivity contribution in [3.05, 3.63) is 59.4 Å². The maximum atomic E-state index is 5.97. The maximum Gasteiger partial charge on any atom is 0.213 e. The van der Waals surface area contributed by atoms with Crippen LogP contribution >= 0.6 is 0 Å². The lowest BCUT2D eigenvalue weighted by Crippen LogP contribution is -2.25. The van der Waals surface area contributed by atoms with Gasteiger partial charge in [-0.3, -0.25) is 0 Å². The molecule has 2 heterocycles. The molecule has 0 N–H and O–H groups in total. The first-order chi connectivity index (χ1) is 10.5. The van der Waals surface area contributed by atoms with Gasteiger partial charge in [0, 0.05) is 30.9 Å². The van der Waals surface area contributed by atoms with Crippen LogP contribution in [0.3, 0.4) is 0 Å². The average Bonchev–Trinajstić information content (AvgIpc) is 2.89. The van der Waals surface area contributed by atoms with Crippen LogP contribution in [-0.2, 0) is 0 Å². The number of aromatic nitrogens is 1. The molecular formula is C18H23BN2O. The van der Waals surface area contributed by atoms with E-state index in [4.69, 9.17) is 12.6 Å². The second kappa shape index (κ2) is 7.34. The van der Waals surface area contributed by atoms with Crippen LogP contribution in [0.4, 0.5) is 0 Å². The van der Waals surface area contributed by atoms with E-state index in [1.807, 2.05) is 38.3 Å². The summed E-state index contributed by atoms with van der Waals surface area (Å²) in [5.41, 5.74) is 4.03. The fourth-order valence-corrected chi connectivity index (χ4v) is 2.75. The van der Waals surface area contributed by atoms with Gasteiger partial charge in [-0.15, -0.1) is 12.1 Å². The summed E-state index contributed by atoms with van der Waals surface area (Å²) in [6.45, 7) is 11.7. The van der Waals surface area contributed by atoms with Gasteiger partial charge in [0.25, 0.3) is 0 Å². The standard InChI is InChI=1S/C18H23BN2O/c1-5-17(14(3)10-15(4)19)21-9-8-16(12-21)22-18-7-6-13(2)11-20-18/h5-7,10-11,16H,4,8-9,12H2,1-3H3/b14-10-,17-5+. The molecule has 1 aromatic heterocycles. The Balaban J connectivity index is 1.99. The first-order valence-electron chi connectivity index (χ1n) is 7.63. The van der Waals surface area contributed by atoms with E-state index in [1.165, 1.54) is 5.70 Å². The van der Waals surface area contributed by atoms with E-state index in [0.717, 1.165) is 30.6 Å². The Morgan fingerprint density at radius 1 is 1.50 bits per heavy atom. The van der Waals surface area contributed by atoms with Crippen molar-refractivity contribution in [3.63, 3.8) is 0 Å². The van der Waals surface area contributed by atoms with Gasteiger partial charge in [-0.2, -0.15) is 0 Å². The van der Waals surface area contributed by atoms with E-state index < -0.39 is 0 Å². The van der Waals surface area contributed by atoms with Crippen LogP contribution in [0.5, 0.6) is 5.88 Å². The normalized spacial score (nSPS) is 19.4. The van der Waals surface area contributed by atoms with Gasteiger partial charge in [0.15, 0.2) is 0 Å². The van der Waals surface area contributed by atoms with E-state index in [9.17, 15) is 0 Å². The summed E-state index contributed by atoms with van der Waals surface area (Å²) >= 11 is 0. The first-order valence-corrected chi connectivity index (χ1v) is 7.63. The minimum Gasteiger partial charge on any atom is -0.472 e. The smallest absolute Gasteiger partial charge is 0.213 e. The van der Waals surface area contributed by atoms with Crippen molar-refractivity contribution >= 4 is 7.85 Å². The monoisotopic (exact) mass is 294 g/mol. The maximum absolute atomic E-state index is 5.97. The molecule has 2 rings (SSSR count). The zero-order valence-electron chi connectivity index (χ0n) is 13.7. The number of nitrogens with zero attached hydrogens (tertiary/aromatic N) is 2. The molecule has 0 amide bonds. The molecule has 1 aliphatic heterocycles. The van der Waals surface area contributed by atoms with Crippen molar-refractivity contribution in [1.82, 2.24) is 9.88 Å². The lowest BCUT2D eigenvalue weighted by Gasteiger charge is -2.23. The summed E-state index contributed by atoms with van der Waals surface area (Å²) in [7, 11) is 5.68. The molecule has 2 radical (unpaired) electrons. The molecule has 22 heavy (non-hydrogen) atoms. The molecule has 3 nitrogen and oxygen atoms in total. The number of aryl methyl sites for hydroxylation is 1. The van der Waals surface area contributed by atoms with Crippen molar-refractivity contribution in [3.8, 4) is 5.88 Å². The molecule has 1 fully saturated rings. The van der Waals surface area contributed by atoms with Crippen molar-refractivity contribution in [2.75, 3.05) is 13.1 Å². The third-order valence-electron chi connectivity index (χ3n) is 3.74. The lowest BCUT2D eigenvalue weighted by atomic mass is 9.95. The summed E-state index contributed by atoms with van der Waals surface area (Å²) in [6.07, 6.45) is 7.01. The number of ether oxygens (including phenoxy) is 1. The SMILES string of the molecule is [B]C(=C)/C=C(C)\C(=C/C)N1CCC(Oc2ccc(C)cn2)C1. The number of hydrogen-bond donors (Lipinski definition) is 0. The topological polar surface area (TPSA) is 25.4 Å². The van der Waals surface area contributed by atoms with E-state index in [0.29, 0.717) is 11.4 Å². The van der Waals surface area contributed by atoms with Crippen LogP contribution in [0.1, 0.15) is 25.8 Å². The van der Waals surface area contributed by atoms with E-state index in [-0.39, 0.29) is 6.10 Å².